The van der Waals surface area contributed by atoms with Gasteiger partial charge in [-0.05, 0) is 13.3 Å². The molecule has 0 aliphatic rings. The van der Waals surface area contributed by atoms with Crippen molar-refractivity contribution in [1.82, 2.24) is 0 Å². The number of esters is 3. The van der Waals surface area contributed by atoms with Crippen LogP contribution in [0.4, 0.5) is 0 Å². The van der Waals surface area contributed by atoms with Gasteiger partial charge in [0.2, 0.25) is 0 Å². The van der Waals surface area contributed by atoms with Crippen molar-refractivity contribution in [1.29, 1.82) is 0 Å². The van der Waals surface area contributed by atoms with Gasteiger partial charge in [0.1, 0.15) is 0 Å². The molecule has 0 saturated carbocycles. The topological polar surface area (TPSA) is 78.9 Å². The highest BCUT2D eigenvalue weighted by Crippen LogP contribution is 2.13. The van der Waals surface area contributed by atoms with Crippen molar-refractivity contribution in [2.75, 3.05) is 20.3 Å². The Kier molecular flexibility index (Phi) is 9.48. The lowest BCUT2D eigenvalue weighted by Crippen LogP contribution is -2.25. The Morgan fingerprint density at radius 1 is 1.00 bits per heavy atom. The molecule has 0 aromatic rings. The summed E-state index contributed by atoms with van der Waals surface area (Å²) in [4.78, 5) is 34.4. The molecule has 110 valence electrons. The first kappa shape index (κ1) is 17.4. The summed E-state index contributed by atoms with van der Waals surface area (Å²) in [5.41, 5.74) is 0. The van der Waals surface area contributed by atoms with Crippen molar-refractivity contribution >= 4 is 17.9 Å². The van der Waals surface area contributed by atoms with Crippen LogP contribution in [-0.4, -0.2) is 38.2 Å². The molecule has 0 N–H and O–H groups in total. The summed E-state index contributed by atoms with van der Waals surface area (Å²) in [6.07, 6.45) is 1.29. The molecule has 1 unspecified atom stereocenters. The summed E-state index contributed by atoms with van der Waals surface area (Å²) in [7, 11) is 1.23. The molecule has 6 heteroatoms. The summed E-state index contributed by atoms with van der Waals surface area (Å²) in [6, 6.07) is 0. The van der Waals surface area contributed by atoms with Crippen molar-refractivity contribution < 1.29 is 28.6 Å². The number of hydrogen-bond donors (Lipinski definition) is 0. The van der Waals surface area contributed by atoms with Gasteiger partial charge >= 0.3 is 17.9 Å². The Bertz CT molecular complexity index is 300. The lowest BCUT2D eigenvalue weighted by atomic mass is 10.0. The Hall–Kier alpha value is -1.59. The second kappa shape index (κ2) is 10.3. The molecule has 0 spiro atoms. The zero-order chi connectivity index (χ0) is 14.7. The van der Waals surface area contributed by atoms with Gasteiger partial charge in [0.15, 0.2) is 0 Å². The summed E-state index contributed by atoms with van der Waals surface area (Å²) in [5.74, 6) is -2.49. The molecule has 0 heterocycles. The molecule has 0 aliphatic carbocycles. The largest absolute Gasteiger partial charge is 0.469 e. The van der Waals surface area contributed by atoms with Gasteiger partial charge in [-0.2, -0.15) is 0 Å². The van der Waals surface area contributed by atoms with E-state index >= 15 is 0 Å². The fraction of sp³-hybridized carbons (Fsp3) is 0.769. The molecule has 0 aromatic carbocycles. The molecule has 0 saturated heterocycles. The molecule has 0 radical (unpaired) electrons. The van der Waals surface area contributed by atoms with Crippen LogP contribution in [0, 0.1) is 5.92 Å². The highest BCUT2D eigenvalue weighted by Gasteiger charge is 2.27. The minimum atomic E-state index is -0.844. The molecule has 0 bridgehead atoms. The molecule has 19 heavy (non-hydrogen) atoms. The van der Waals surface area contributed by atoms with Gasteiger partial charge in [-0.15, -0.1) is 0 Å². The van der Waals surface area contributed by atoms with Crippen molar-refractivity contribution in [3.05, 3.63) is 0 Å². The number of ether oxygens (including phenoxy) is 3. The number of carbonyl (C=O) groups is 3. The van der Waals surface area contributed by atoms with Crippen LogP contribution in [-0.2, 0) is 28.6 Å². The number of unbranched alkanes of at least 4 members (excludes halogenated alkanes) is 1. The van der Waals surface area contributed by atoms with Crippen LogP contribution in [0.1, 0.15) is 39.5 Å². The fourth-order valence-corrected chi connectivity index (χ4v) is 1.38. The highest BCUT2D eigenvalue weighted by atomic mass is 16.5. The quantitative estimate of drug-likeness (QED) is 0.360. The minimum Gasteiger partial charge on any atom is -0.469 e. The van der Waals surface area contributed by atoms with E-state index in [1.807, 2.05) is 6.92 Å². The summed E-state index contributed by atoms with van der Waals surface area (Å²) in [6.45, 7) is 4.16. The lowest BCUT2D eigenvalue weighted by Gasteiger charge is -2.14. The van der Waals surface area contributed by atoms with Crippen LogP contribution in [0.5, 0.6) is 0 Å². The third-order valence-electron chi connectivity index (χ3n) is 2.43. The Labute approximate surface area is 113 Å². The van der Waals surface area contributed by atoms with E-state index in [-0.39, 0.29) is 26.1 Å². The number of rotatable bonds is 9. The van der Waals surface area contributed by atoms with Crippen LogP contribution in [0.25, 0.3) is 0 Å². The number of hydrogen-bond acceptors (Lipinski definition) is 6. The molecular weight excluding hydrogens is 252 g/mol. The predicted molar refractivity (Wildman–Crippen MR) is 67.2 cm³/mol. The molecule has 0 aromatic heterocycles. The average Bonchev–Trinajstić information content (AvgIpc) is 2.38. The standard InChI is InChI=1S/C13H22O6/c1-4-6-7-19-13(16)10(8-11(14)17-3)9-12(15)18-5-2/h10H,4-9H2,1-3H3. The van der Waals surface area contributed by atoms with E-state index in [0.29, 0.717) is 0 Å². The maximum atomic E-state index is 11.8. The highest BCUT2D eigenvalue weighted by molar-refractivity contribution is 5.84. The van der Waals surface area contributed by atoms with Gasteiger partial charge in [-0.3, -0.25) is 14.4 Å². The monoisotopic (exact) mass is 274 g/mol. The van der Waals surface area contributed by atoms with Crippen LogP contribution in [0.3, 0.4) is 0 Å². The number of carbonyl (C=O) groups excluding carboxylic acids is 3. The molecule has 0 rings (SSSR count). The zero-order valence-electron chi connectivity index (χ0n) is 11.8. The first-order chi connectivity index (χ1) is 9.04. The van der Waals surface area contributed by atoms with Gasteiger partial charge in [0.05, 0.1) is 39.1 Å². The van der Waals surface area contributed by atoms with E-state index in [1.165, 1.54) is 7.11 Å². The maximum absolute atomic E-state index is 11.8. The molecule has 1 atom stereocenters. The maximum Gasteiger partial charge on any atom is 0.310 e. The van der Waals surface area contributed by atoms with Gasteiger partial charge < -0.3 is 14.2 Å². The van der Waals surface area contributed by atoms with Crippen molar-refractivity contribution in [3.63, 3.8) is 0 Å². The molecule has 6 nitrogen and oxygen atoms in total. The van der Waals surface area contributed by atoms with Crippen molar-refractivity contribution in [2.24, 2.45) is 5.92 Å². The van der Waals surface area contributed by atoms with Crippen molar-refractivity contribution in [2.45, 2.75) is 39.5 Å². The third-order valence-corrected chi connectivity index (χ3v) is 2.43. The molecule has 0 aliphatic heterocycles. The summed E-state index contributed by atoms with van der Waals surface area (Å²) in [5, 5.41) is 0. The van der Waals surface area contributed by atoms with Crippen LogP contribution in [0.2, 0.25) is 0 Å². The first-order valence-corrected chi connectivity index (χ1v) is 6.44. The van der Waals surface area contributed by atoms with Crippen LogP contribution < -0.4 is 0 Å². The predicted octanol–water partition coefficient (Wildman–Crippen LogP) is 1.46. The molecule has 0 amide bonds. The second-order valence-electron chi connectivity index (χ2n) is 4.01. The van der Waals surface area contributed by atoms with Crippen molar-refractivity contribution in [3.8, 4) is 0 Å². The lowest BCUT2D eigenvalue weighted by molar-refractivity contribution is -0.158. The van der Waals surface area contributed by atoms with E-state index in [9.17, 15) is 14.4 Å². The van der Waals surface area contributed by atoms with Gasteiger partial charge in [0.25, 0.3) is 0 Å². The van der Waals surface area contributed by atoms with E-state index in [2.05, 4.69) is 4.74 Å². The second-order valence-corrected chi connectivity index (χ2v) is 4.01. The van der Waals surface area contributed by atoms with E-state index in [1.54, 1.807) is 6.92 Å². The van der Waals surface area contributed by atoms with E-state index in [4.69, 9.17) is 9.47 Å². The van der Waals surface area contributed by atoms with Gasteiger partial charge in [-0.1, -0.05) is 13.3 Å². The van der Waals surface area contributed by atoms with E-state index in [0.717, 1.165) is 12.8 Å². The Morgan fingerprint density at radius 2 is 1.63 bits per heavy atom. The van der Waals surface area contributed by atoms with Gasteiger partial charge in [-0.25, -0.2) is 0 Å². The normalized spacial score (nSPS) is 11.5. The molecule has 0 fully saturated rings. The first-order valence-electron chi connectivity index (χ1n) is 6.44. The van der Waals surface area contributed by atoms with Crippen LogP contribution in [0.15, 0.2) is 0 Å². The molecular formula is C13H22O6. The Morgan fingerprint density at radius 3 is 2.16 bits per heavy atom. The average molecular weight is 274 g/mol. The zero-order valence-corrected chi connectivity index (χ0v) is 11.8. The summed E-state index contributed by atoms with van der Waals surface area (Å²) < 4.78 is 14.3. The summed E-state index contributed by atoms with van der Waals surface area (Å²) >= 11 is 0. The number of methoxy groups -OCH3 is 1. The minimum absolute atomic E-state index is 0.173. The Balaban J connectivity index is 4.42. The van der Waals surface area contributed by atoms with E-state index < -0.39 is 23.8 Å². The smallest absolute Gasteiger partial charge is 0.310 e. The fourth-order valence-electron chi connectivity index (χ4n) is 1.38. The van der Waals surface area contributed by atoms with Crippen LogP contribution >= 0.6 is 0 Å². The third kappa shape index (κ3) is 8.18. The van der Waals surface area contributed by atoms with Gasteiger partial charge in [0, 0.05) is 0 Å². The SMILES string of the molecule is CCCCOC(=O)C(CC(=O)OC)CC(=O)OCC.